The fourth-order valence-electron chi connectivity index (χ4n) is 2.24. The summed E-state index contributed by atoms with van der Waals surface area (Å²) in [6.45, 7) is 4.14. The molecule has 96 valence electrons. The summed E-state index contributed by atoms with van der Waals surface area (Å²) in [4.78, 5) is 2.49. The summed E-state index contributed by atoms with van der Waals surface area (Å²) in [6.07, 6.45) is 7.99. The van der Waals surface area contributed by atoms with Crippen LogP contribution < -0.4 is 5.73 Å². The minimum Gasteiger partial charge on any atom is -0.468 e. The molecule has 1 aliphatic rings. The van der Waals surface area contributed by atoms with Gasteiger partial charge in [-0.15, -0.1) is 0 Å². The zero-order chi connectivity index (χ0) is 12.1. The predicted molar refractivity (Wildman–Crippen MR) is 69.6 cm³/mol. The van der Waals surface area contributed by atoms with Crippen LogP contribution in [0.3, 0.4) is 0 Å². The molecule has 3 nitrogen and oxygen atoms in total. The molecule has 1 aliphatic carbocycles. The van der Waals surface area contributed by atoms with E-state index in [0.29, 0.717) is 6.04 Å². The summed E-state index contributed by atoms with van der Waals surface area (Å²) in [5, 5.41) is 0. The SMILES string of the molecule is CCCC[C@H](N)CN(Cc1ccco1)C1CC1. The van der Waals surface area contributed by atoms with Crippen molar-refractivity contribution in [2.24, 2.45) is 5.73 Å². The van der Waals surface area contributed by atoms with Crippen molar-refractivity contribution in [1.82, 2.24) is 4.90 Å². The van der Waals surface area contributed by atoms with Crippen molar-refractivity contribution in [3.63, 3.8) is 0 Å². The number of rotatable bonds is 8. The largest absolute Gasteiger partial charge is 0.468 e. The van der Waals surface area contributed by atoms with E-state index >= 15 is 0 Å². The van der Waals surface area contributed by atoms with Crippen LogP contribution in [0.5, 0.6) is 0 Å². The molecule has 1 fully saturated rings. The average molecular weight is 236 g/mol. The lowest BCUT2D eigenvalue weighted by Gasteiger charge is -2.24. The molecule has 0 bridgehead atoms. The van der Waals surface area contributed by atoms with Crippen molar-refractivity contribution in [3.8, 4) is 0 Å². The van der Waals surface area contributed by atoms with Crippen LogP contribution in [-0.4, -0.2) is 23.5 Å². The van der Waals surface area contributed by atoms with Gasteiger partial charge in [0.25, 0.3) is 0 Å². The zero-order valence-corrected chi connectivity index (χ0v) is 10.8. The highest BCUT2D eigenvalue weighted by Crippen LogP contribution is 2.28. The van der Waals surface area contributed by atoms with Crippen molar-refractivity contribution in [3.05, 3.63) is 24.2 Å². The van der Waals surface area contributed by atoms with E-state index in [1.807, 2.05) is 12.1 Å². The molecule has 1 saturated carbocycles. The van der Waals surface area contributed by atoms with Gasteiger partial charge in [0.2, 0.25) is 0 Å². The highest BCUT2D eigenvalue weighted by Gasteiger charge is 2.30. The van der Waals surface area contributed by atoms with Crippen LogP contribution in [0.2, 0.25) is 0 Å². The molecule has 1 heterocycles. The Balaban J connectivity index is 1.80. The Morgan fingerprint density at radius 1 is 1.53 bits per heavy atom. The second-order valence-corrected chi connectivity index (χ2v) is 5.14. The lowest BCUT2D eigenvalue weighted by molar-refractivity contribution is 0.215. The third-order valence-electron chi connectivity index (χ3n) is 3.40. The van der Waals surface area contributed by atoms with Crippen LogP contribution in [0, 0.1) is 0 Å². The topological polar surface area (TPSA) is 42.4 Å². The molecule has 0 radical (unpaired) electrons. The smallest absolute Gasteiger partial charge is 0.117 e. The highest BCUT2D eigenvalue weighted by molar-refractivity contribution is 5.00. The van der Waals surface area contributed by atoms with Crippen molar-refractivity contribution in [1.29, 1.82) is 0 Å². The fourth-order valence-corrected chi connectivity index (χ4v) is 2.24. The van der Waals surface area contributed by atoms with Crippen molar-refractivity contribution in [2.45, 2.75) is 57.7 Å². The number of nitrogens with zero attached hydrogens (tertiary/aromatic N) is 1. The molecule has 2 N–H and O–H groups in total. The number of furan rings is 1. The first kappa shape index (κ1) is 12.7. The van der Waals surface area contributed by atoms with Gasteiger partial charge >= 0.3 is 0 Å². The van der Waals surface area contributed by atoms with Crippen LogP contribution in [0.15, 0.2) is 22.8 Å². The highest BCUT2D eigenvalue weighted by atomic mass is 16.3. The first-order chi connectivity index (χ1) is 8.29. The van der Waals surface area contributed by atoms with E-state index in [0.717, 1.165) is 31.3 Å². The average Bonchev–Trinajstić information content (AvgIpc) is 3.05. The summed E-state index contributed by atoms with van der Waals surface area (Å²) in [5.41, 5.74) is 6.18. The number of nitrogens with two attached hydrogens (primary N) is 1. The Morgan fingerprint density at radius 2 is 2.35 bits per heavy atom. The van der Waals surface area contributed by atoms with E-state index in [9.17, 15) is 0 Å². The Kier molecular flexibility index (Phi) is 4.63. The van der Waals surface area contributed by atoms with Crippen LogP contribution in [0.1, 0.15) is 44.8 Å². The third-order valence-corrected chi connectivity index (χ3v) is 3.40. The summed E-state index contributed by atoms with van der Waals surface area (Å²) >= 11 is 0. The van der Waals surface area contributed by atoms with Gasteiger partial charge in [-0.25, -0.2) is 0 Å². The molecule has 0 saturated heterocycles. The van der Waals surface area contributed by atoms with Gasteiger partial charge in [-0.3, -0.25) is 4.90 Å². The minimum absolute atomic E-state index is 0.311. The molecule has 0 amide bonds. The van der Waals surface area contributed by atoms with E-state index in [-0.39, 0.29) is 0 Å². The van der Waals surface area contributed by atoms with E-state index in [2.05, 4.69) is 11.8 Å². The number of hydrogen-bond donors (Lipinski definition) is 1. The second-order valence-electron chi connectivity index (χ2n) is 5.14. The molecule has 1 aromatic heterocycles. The first-order valence-corrected chi connectivity index (χ1v) is 6.81. The second kappa shape index (κ2) is 6.22. The Morgan fingerprint density at radius 3 is 2.94 bits per heavy atom. The number of hydrogen-bond acceptors (Lipinski definition) is 3. The van der Waals surface area contributed by atoms with E-state index in [1.54, 1.807) is 6.26 Å². The maximum absolute atomic E-state index is 6.18. The summed E-state index contributed by atoms with van der Waals surface area (Å²) in [6, 6.07) is 5.06. The van der Waals surface area contributed by atoms with Gasteiger partial charge in [-0.2, -0.15) is 0 Å². The quantitative estimate of drug-likeness (QED) is 0.754. The van der Waals surface area contributed by atoms with Gasteiger partial charge < -0.3 is 10.2 Å². The molecule has 1 aromatic rings. The predicted octanol–water partition coefficient (Wildman–Crippen LogP) is 2.76. The van der Waals surface area contributed by atoms with Gasteiger partial charge in [-0.1, -0.05) is 19.8 Å². The number of unbranched alkanes of at least 4 members (excludes halogenated alkanes) is 1. The maximum atomic E-state index is 6.18. The summed E-state index contributed by atoms with van der Waals surface area (Å²) in [5.74, 6) is 1.06. The lowest BCUT2D eigenvalue weighted by Crippen LogP contribution is -2.38. The molecule has 3 heteroatoms. The van der Waals surface area contributed by atoms with Gasteiger partial charge in [0.1, 0.15) is 5.76 Å². The van der Waals surface area contributed by atoms with E-state index < -0.39 is 0 Å². The van der Waals surface area contributed by atoms with Gasteiger partial charge in [0, 0.05) is 18.6 Å². The van der Waals surface area contributed by atoms with E-state index in [4.69, 9.17) is 10.2 Å². The zero-order valence-electron chi connectivity index (χ0n) is 10.8. The molecular weight excluding hydrogens is 212 g/mol. The molecule has 0 unspecified atom stereocenters. The van der Waals surface area contributed by atoms with Crippen molar-refractivity contribution < 1.29 is 4.42 Å². The van der Waals surface area contributed by atoms with Crippen molar-refractivity contribution in [2.75, 3.05) is 6.54 Å². The van der Waals surface area contributed by atoms with E-state index in [1.165, 1.54) is 25.7 Å². The maximum Gasteiger partial charge on any atom is 0.117 e. The van der Waals surface area contributed by atoms with Crippen LogP contribution >= 0.6 is 0 Å². The Bertz CT molecular complexity index is 306. The molecule has 0 spiro atoms. The lowest BCUT2D eigenvalue weighted by atomic mass is 10.1. The molecule has 0 aliphatic heterocycles. The molecule has 2 rings (SSSR count). The minimum atomic E-state index is 0.311. The molecule has 1 atom stereocenters. The Labute approximate surface area is 104 Å². The van der Waals surface area contributed by atoms with Crippen molar-refractivity contribution >= 4 is 0 Å². The normalized spacial score (nSPS) is 17.6. The Hall–Kier alpha value is -0.800. The standard InChI is InChI=1S/C14H24N2O/c1-2-3-5-12(15)10-16(13-7-8-13)11-14-6-4-9-17-14/h4,6,9,12-13H,2-3,5,7-8,10-11,15H2,1H3/t12-/m0/s1. The first-order valence-electron chi connectivity index (χ1n) is 6.81. The molecule has 0 aromatic carbocycles. The van der Waals surface area contributed by atoms with Gasteiger partial charge in [0.05, 0.1) is 12.8 Å². The van der Waals surface area contributed by atoms with Crippen LogP contribution in [0.4, 0.5) is 0 Å². The van der Waals surface area contributed by atoms with Gasteiger partial charge in [0.15, 0.2) is 0 Å². The van der Waals surface area contributed by atoms with Gasteiger partial charge in [-0.05, 0) is 31.4 Å². The fraction of sp³-hybridized carbons (Fsp3) is 0.714. The third kappa shape index (κ3) is 4.17. The summed E-state index contributed by atoms with van der Waals surface area (Å²) in [7, 11) is 0. The van der Waals surface area contributed by atoms with Crippen LogP contribution in [0.25, 0.3) is 0 Å². The molecular formula is C14H24N2O. The summed E-state index contributed by atoms with van der Waals surface area (Å²) < 4.78 is 5.42. The monoisotopic (exact) mass is 236 g/mol. The van der Waals surface area contributed by atoms with Crippen LogP contribution in [-0.2, 0) is 6.54 Å². The molecule has 17 heavy (non-hydrogen) atoms.